The highest BCUT2D eigenvalue weighted by atomic mass is 16.5. The molecule has 0 bridgehead atoms. The number of hydrogen-bond donors (Lipinski definition) is 0. The first-order valence-electron chi connectivity index (χ1n) is 5.38. The van der Waals surface area contributed by atoms with Crippen LogP contribution in [0.3, 0.4) is 0 Å². The van der Waals surface area contributed by atoms with Crippen LogP contribution < -0.4 is 4.74 Å². The maximum Gasteiger partial charge on any atom is 0.119 e. The van der Waals surface area contributed by atoms with Gasteiger partial charge in [-0.25, -0.2) is 0 Å². The molecule has 0 atom stereocenters. The lowest BCUT2D eigenvalue weighted by molar-refractivity contribution is 0.324. The molecule has 1 aromatic rings. The second-order valence-electron chi connectivity index (χ2n) is 4.70. The fourth-order valence-corrected chi connectivity index (χ4v) is 1.31. The monoisotopic (exact) mass is 204 g/mol. The molecule has 0 fully saturated rings. The van der Waals surface area contributed by atoms with Gasteiger partial charge in [-0.05, 0) is 29.5 Å². The van der Waals surface area contributed by atoms with Crippen LogP contribution >= 0.6 is 0 Å². The summed E-state index contributed by atoms with van der Waals surface area (Å²) < 4.78 is 5.61. The van der Waals surface area contributed by atoms with Crippen molar-refractivity contribution >= 4 is 0 Å². The van der Waals surface area contributed by atoms with E-state index in [0.29, 0.717) is 6.61 Å². The topological polar surface area (TPSA) is 9.23 Å². The Hall–Kier alpha value is -1.24. The van der Waals surface area contributed by atoms with Crippen LogP contribution in [0, 0.1) is 0 Å². The van der Waals surface area contributed by atoms with Gasteiger partial charge < -0.3 is 4.74 Å². The highest BCUT2D eigenvalue weighted by molar-refractivity contribution is 5.32. The molecule has 1 nitrogen and oxygen atoms in total. The van der Waals surface area contributed by atoms with Crippen molar-refractivity contribution in [3.63, 3.8) is 0 Å². The van der Waals surface area contributed by atoms with E-state index in [1.165, 1.54) is 5.56 Å². The minimum Gasteiger partial charge on any atom is -0.493 e. The molecule has 0 aromatic heterocycles. The van der Waals surface area contributed by atoms with E-state index in [1.807, 2.05) is 18.2 Å². The fourth-order valence-electron chi connectivity index (χ4n) is 1.31. The molecule has 0 aliphatic carbocycles. The van der Waals surface area contributed by atoms with Gasteiger partial charge in [0, 0.05) is 0 Å². The van der Waals surface area contributed by atoms with Crippen LogP contribution in [0.5, 0.6) is 5.75 Å². The van der Waals surface area contributed by atoms with Crippen molar-refractivity contribution in [1.82, 2.24) is 0 Å². The molecule has 0 amide bonds. The molecule has 0 spiro atoms. The molecule has 0 heterocycles. The average molecular weight is 204 g/mol. The Bertz CT molecular complexity index is 320. The van der Waals surface area contributed by atoms with E-state index in [-0.39, 0.29) is 5.41 Å². The quantitative estimate of drug-likeness (QED) is 0.533. The first-order valence-corrected chi connectivity index (χ1v) is 5.38. The van der Waals surface area contributed by atoms with Gasteiger partial charge in [-0.1, -0.05) is 39.0 Å². The number of benzene rings is 1. The Labute approximate surface area is 92.8 Å². The second-order valence-corrected chi connectivity index (χ2v) is 4.70. The van der Waals surface area contributed by atoms with E-state index < -0.39 is 0 Å². The smallest absolute Gasteiger partial charge is 0.119 e. The lowest BCUT2D eigenvalue weighted by Gasteiger charge is -2.19. The summed E-state index contributed by atoms with van der Waals surface area (Å²) in [6, 6.07) is 8.30. The highest BCUT2D eigenvalue weighted by Gasteiger charge is 2.13. The van der Waals surface area contributed by atoms with Crippen LogP contribution in [0.2, 0.25) is 0 Å². The van der Waals surface area contributed by atoms with Crippen molar-refractivity contribution in [3.05, 3.63) is 42.5 Å². The zero-order valence-corrected chi connectivity index (χ0v) is 9.92. The molecule has 0 saturated heterocycles. The zero-order chi connectivity index (χ0) is 11.3. The van der Waals surface area contributed by atoms with Crippen LogP contribution in [0.4, 0.5) is 0 Å². The lowest BCUT2D eigenvalue weighted by Crippen LogP contribution is -2.11. The van der Waals surface area contributed by atoms with Crippen molar-refractivity contribution in [1.29, 1.82) is 0 Å². The molecule has 0 unspecified atom stereocenters. The third-order valence-corrected chi connectivity index (χ3v) is 2.29. The summed E-state index contributed by atoms with van der Waals surface area (Å²) in [5.74, 6) is 0.948. The van der Waals surface area contributed by atoms with Crippen molar-refractivity contribution < 1.29 is 4.74 Å². The summed E-state index contributed by atoms with van der Waals surface area (Å²) in [5.41, 5.74) is 1.48. The molecule has 0 saturated carbocycles. The third-order valence-electron chi connectivity index (χ3n) is 2.29. The number of hydrogen-bond acceptors (Lipinski definition) is 1. The number of rotatable bonds is 4. The molecule has 0 aliphatic heterocycles. The Kier molecular flexibility index (Phi) is 3.96. The maximum atomic E-state index is 5.61. The summed E-state index contributed by atoms with van der Waals surface area (Å²) in [5, 5.41) is 0. The van der Waals surface area contributed by atoms with Gasteiger partial charge >= 0.3 is 0 Å². The van der Waals surface area contributed by atoms with Gasteiger partial charge in [0.1, 0.15) is 5.75 Å². The fraction of sp³-hybridized carbons (Fsp3) is 0.429. The van der Waals surface area contributed by atoms with E-state index in [2.05, 4.69) is 39.5 Å². The summed E-state index contributed by atoms with van der Waals surface area (Å²) in [6.45, 7) is 11.0. The van der Waals surface area contributed by atoms with Gasteiger partial charge in [-0.2, -0.15) is 0 Å². The summed E-state index contributed by atoms with van der Waals surface area (Å²) in [7, 11) is 0. The predicted octanol–water partition coefficient (Wildman–Crippen LogP) is 3.94. The molecule has 1 rings (SSSR count). The Morgan fingerprint density at radius 1 is 1.33 bits per heavy atom. The van der Waals surface area contributed by atoms with Gasteiger partial charge in [0.25, 0.3) is 0 Å². The van der Waals surface area contributed by atoms with Crippen LogP contribution in [-0.2, 0) is 5.41 Å². The first-order chi connectivity index (χ1) is 7.04. The Morgan fingerprint density at radius 3 is 2.67 bits per heavy atom. The van der Waals surface area contributed by atoms with E-state index in [0.717, 1.165) is 12.2 Å². The van der Waals surface area contributed by atoms with Gasteiger partial charge in [-0.3, -0.25) is 0 Å². The van der Waals surface area contributed by atoms with E-state index in [9.17, 15) is 0 Å². The minimum absolute atomic E-state index is 0.178. The SMILES string of the molecule is C=CCCOc1cccc(C(C)(C)C)c1. The average Bonchev–Trinajstić information content (AvgIpc) is 2.17. The van der Waals surface area contributed by atoms with E-state index in [4.69, 9.17) is 4.74 Å². The maximum absolute atomic E-state index is 5.61. The molecular formula is C14H20O. The second kappa shape index (κ2) is 5.01. The van der Waals surface area contributed by atoms with Gasteiger partial charge in [0.05, 0.1) is 6.61 Å². The van der Waals surface area contributed by atoms with Crippen LogP contribution in [0.25, 0.3) is 0 Å². The minimum atomic E-state index is 0.178. The molecule has 0 radical (unpaired) electrons. The molecule has 1 aromatic carbocycles. The zero-order valence-electron chi connectivity index (χ0n) is 9.92. The first kappa shape index (κ1) is 11.8. The van der Waals surface area contributed by atoms with Crippen molar-refractivity contribution in [2.45, 2.75) is 32.6 Å². The summed E-state index contributed by atoms with van der Waals surface area (Å²) in [4.78, 5) is 0. The van der Waals surface area contributed by atoms with Gasteiger partial charge in [0.15, 0.2) is 0 Å². The largest absolute Gasteiger partial charge is 0.493 e. The Morgan fingerprint density at radius 2 is 2.07 bits per heavy atom. The van der Waals surface area contributed by atoms with Gasteiger partial charge in [0.2, 0.25) is 0 Å². The summed E-state index contributed by atoms with van der Waals surface area (Å²) in [6.07, 6.45) is 2.76. The molecular weight excluding hydrogens is 184 g/mol. The Balaban J connectivity index is 2.70. The molecule has 0 aliphatic rings. The van der Waals surface area contributed by atoms with E-state index in [1.54, 1.807) is 0 Å². The van der Waals surface area contributed by atoms with Crippen LogP contribution in [0.1, 0.15) is 32.8 Å². The molecule has 1 heteroatoms. The molecule has 15 heavy (non-hydrogen) atoms. The van der Waals surface area contributed by atoms with Gasteiger partial charge in [-0.15, -0.1) is 6.58 Å². The standard InChI is InChI=1S/C14H20O/c1-5-6-10-15-13-9-7-8-12(11-13)14(2,3)4/h5,7-9,11H,1,6,10H2,2-4H3. The van der Waals surface area contributed by atoms with Crippen LogP contribution in [-0.4, -0.2) is 6.61 Å². The molecule has 0 N–H and O–H groups in total. The number of ether oxygens (including phenoxy) is 1. The van der Waals surface area contributed by atoms with Crippen molar-refractivity contribution in [2.24, 2.45) is 0 Å². The lowest BCUT2D eigenvalue weighted by atomic mass is 9.87. The molecule has 82 valence electrons. The van der Waals surface area contributed by atoms with Crippen molar-refractivity contribution in [3.8, 4) is 5.75 Å². The van der Waals surface area contributed by atoms with E-state index >= 15 is 0 Å². The van der Waals surface area contributed by atoms with Crippen LogP contribution in [0.15, 0.2) is 36.9 Å². The normalized spacial score (nSPS) is 11.1. The third kappa shape index (κ3) is 3.78. The van der Waals surface area contributed by atoms with Crippen molar-refractivity contribution in [2.75, 3.05) is 6.61 Å². The summed E-state index contributed by atoms with van der Waals surface area (Å²) >= 11 is 0. The highest BCUT2D eigenvalue weighted by Crippen LogP contribution is 2.25. The predicted molar refractivity (Wildman–Crippen MR) is 65.5 cm³/mol.